The Hall–Kier alpha value is -2.07. The van der Waals surface area contributed by atoms with Crippen LogP contribution in [0.2, 0.25) is 0 Å². The van der Waals surface area contributed by atoms with E-state index in [1.165, 1.54) is 29.2 Å². The molecule has 2 heterocycles. The molecule has 1 aromatic heterocycles. The highest BCUT2D eigenvalue weighted by atomic mass is 32.2. The molecule has 0 bridgehead atoms. The molecular weight excluding hydrogens is 491 g/mol. The van der Waals surface area contributed by atoms with E-state index < -0.39 is 11.7 Å². The zero-order chi connectivity index (χ0) is 24.8. The summed E-state index contributed by atoms with van der Waals surface area (Å²) < 4.78 is 47.4. The number of ether oxygens (including phenoxy) is 1. The average molecular weight is 522 g/mol. The van der Waals surface area contributed by atoms with E-state index in [2.05, 4.69) is 15.2 Å². The molecule has 4 rings (SSSR count). The van der Waals surface area contributed by atoms with Gasteiger partial charge in [0.2, 0.25) is 0 Å². The van der Waals surface area contributed by atoms with Crippen LogP contribution < -0.4 is 5.32 Å². The lowest BCUT2D eigenvalue weighted by atomic mass is 10.0. The number of anilines is 1. The minimum atomic E-state index is -4.46. The molecule has 1 N–H and O–H groups in total. The number of morpholine rings is 1. The maximum atomic E-state index is 14.0. The average Bonchev–Trinajstić information content (AvgIpc) is 3.31. The quantitative estimate of drug-likeness (QED) is 0.301. The standard InChI is InChI=1S/C26H30F3N3OS2/c1-18(2)20-6-3-4-7-23(20)35-24-9-8-19(16-21(24)26(27,28)29)22-17-34-25(31-22)30-10-5-11-32-12-14-33-15-13-32/h3-4,6-9,16-18H,5,10-15H2,1-2H3,(H,30,31). The number of rotatable bonds is 9. The number of nitrogens with one attached hydrogen (secondary N) is 1. The summed E-state index contributed by atoms with van der Waals surface area (Å²) in [5.74, 6) is 0.224. The van der Waals surface area contributed by atoms with Gasteiger partial charge < -0.3 is 10.1 Å². The molecule has 4 nitrogen and oxygen atoms in total. The molecule has 35 heavy (non-hydrogen) atoms. The van der Waals surface area contributed by atoms with Gasteiger partial charge in [-0.2, -0.15) is 13.2 Å². The van der Waals surface area contributed by atoms with Crippen molar-refractivity contribution in [2.45, 2.75) is 42.2 Å². The monoisotopic (exact) mass is 521 g/mol. The van der Waals surface area contributed by atoms with Crippen molar-refractivity contribution in [2.75, 3.05) is 44.7 Å². The zero-order valence-corrected chi connectivity index (χ0v) is 21.5. The van der Waals surface area contributed by atoms with Crippen molar-refractivity contribution in [3.05, 3.63) is 59.0 Å². The van der Waals surface area contributed by atoms with Gasteiger partial charge in [0.1, 0.15) is 0 Å². The molecule has 9 heteroatoms. The van der Waals surface area contributed by atoms with Gasteiger partial charge in [-0.1, -0.05) is 49.9 Å². The van der Waals surface area contributed by atoms with Gasteiger partial charge in [-0.05, 0) is 42.6 Å². The fraction of sp³-hybridized carbons (Fsp3) is 0.423. The summed E-state index contributed by atoms with van der Waals surface area (Å²) in [6.07, 6.45) is -3.49. The topological polar surface area (TPSA) is 37.4 Å². The van der Waals surface area contributed by atoms with Crippen molar-refractivity contribution in [3.8, 4) is 11.3 Å². The number of halogens is 3. The van der Waals surface area contributed by atoms with E-state index in [-0.39, 0.29) is 10.8 Å². The van der Waals surface area contributed by atoms with Crippen LogP contribution in [-0.4, -0.2) is 49.3 Å². The first kappa shape index (κ1) is 26.0. The Morgan fingerprint density at radius 1 is 1.11 bits per heavy atom. The van der Waals surface area contributed by atoms with E-state index in [4.69, 9.17) is 4.74 Å². The van der Waals surface area contributed by atoms with E-state index in [9.17, 15) is 13.2 Å². The second kappa shape index (κ2) is 11.8. The Bertz CT molecular complexity index is 1110. The zero-order valence-electron chi connectivity index (χ0n) is 19.9. The number of nitrogens with zero attached hydrogens (tertiary/aromatic N) is 2. The first-order chi connectivity index (χ1) is 16.8. The smallest absolute Gasteiger partial charge is 0.379 e. The molecule has 0 unspecified atom stereocenters. The molecule has 1 fully saturated rings. The summed E-state index contributed by atoms with van der Waals surface area (Å²) in [5, 5.41) is 5.83. The molecule has 3 aromatic rings. The van der Waals surface area contributed by atoms with Crippen molar-refractivity contribution in [1.82, 2.24) is 9.88 Å². The maximum absolute atomic E-state index is 14.0. The van der Waals surface area contributed by atoms with Crippen molar-refractivity contribution < 1.29 is 17.9 Å². The molecule has 0 amide bonds. The van der Waals surface area contributed by atoms with Crippen LogP contribution in [0.5, 0.6) is 0 Å². The van der Waals surface area contributed by atoms with Crippen LogP contribution in [0.15, 0.2) is 57.6 Å². The van der Waals surface area contributed by atoms with E-state index in [1.807, 2.05) is 38.1 Å². The fourth-order valence-electron chi connectivity index (χ4n) is 3.98. The van der Waals surface area contributed by atoms with Gasteiger partial charge in [-0.25, -0.2) is 4.98 Å². The number of hydrogen-bond acceptors (Lipinski definition) is 6. The number of benzene rings is 2. The van der Waals surface area contributed by atoms with Crippen LogP contribution in [0.1, 0.15) is 37.3 Å². The van der Waals surface area contributed by atoms with Crippen LogP contribution in [-0.2, 0) is 10.9 Å². The molecule has 1 aliphatic heterocycles. The highest BCUT2D eigenvalue weighted by molar-refractivity contribution is 7.99. The molecule has 0 saturated carbocycles. The lowest BCUT2D eigenvalue weighted by molar-refractivity contribution is -0.139. The second-order valence-electron chi connectivity index (χ2n) is 8.78. The third-order valence-electron chi connectivity index (χ3n) is 5.88. The van der Waals surface area contributed by atoms with Crippen LogP contribution in [0, 0.1) is 0 Å². The molecule has 0 radical (unpaired) electrons. The number of thiazole rings is 1. The molecule has 0 aliphatic carbocycles. The van der Waals surface area contributed by atoms with E-state index in [0.717, 1.165) is 61.4 Å². The van der Waals surface area contributed by atoms with Crippen LogP contribution in [0.25, 0.3) is 11.3 Å². The minimum absolute atomic E-state index is 0.200. The van der Waals surface area contributed by atoms with Crippen LogP contribution >= 0.6 is 23.1 Å². The third kappa shape index (κ3) is 7.00. The van der Waals surface area contributed by atoms with Gasteiger partial charge in [0, 0.05) is 40.4 Å². The van der Waals surface area contributed by atoms with Crippen molar-refractivity contribution >= 4 is 28.2 Å². The lowest BCUT2D eigenvalue weighted by Crippen LogP contribution is -2.37. The first-order valence-corrected chi connectivity index (χ1v) is 13.5. The minimum Gasteiger partial charge on any atom is -0.379 e. The van der Waals surface area contributed by atoms with Gasteiger partial charge in [-0.15, -0.1) is 11.3 Å². The molecule has 1 saturated heterocycles. The first-order valence-electron chi connectivity index (χ1n) is 11.8. The Morgan fingerprint density at radius 3 is 2.63 bits per heavy atom. The van der Waals surface area contributed by atoms with Crippen LogP contribution in [0.4, 0.5) is 18.3 Å². The van der Waals surface area contributed by atoms with Gasteiger partial charge in [-0.3, -0.25) is 4.90 Å². The summed E-state index contributed by atoms with van der Waals surface area (Å²) in [7, 11) is 0. The Labute approximate surface area is 212 Å². The van der Waals surface area contributed by atoms with Crippen molar-refractivity contribution in [1.29, 1.82) is 0 Å². The molecular formula is C26H30F3N3OS2. The molecule has 0 atom stereocenters. The summed E-state index contributed by atoms with van der Waals surface area (Å²) in [4.78, 5) is 7.96. The summed E-state index contributed by atoms with van der Waals surface area (Å²) >= 11 is 2.58. The fourth-order valence-corrected chi connectivity index (χ4v) is 5.95. The van der Waals surface area contributed by atoms with Gasteiger partial charge in [0.05, 0.1) is 24.5 Å². The predicted molar refractivity (Wildman–Crippen MR) is 138 cm³/mol. The molecule has 0 spiro atoms. The molecule has 1 aliphatic rings. The highest BCUT2D eigenvalue weighted by Gasteiger charge is 2.34. The van der Waals surface area contributed by atoms with E-state index >= 15 is 0 Å². The predicted octanol–water partition coefficient (Wildman–Crippen LogP) is 7.24. The SMILES string of the molecule is CC(C)c1ccccc1Sc1ccc(-c2csc(NCCCN3CCOCC3)n2)cc1C(F)(F)F. The lowest BCUT2D eigenvalue weighted by Gasteiger charge is -2.26. The van der Waals surface area contributed by atoms with E-state index in [0.29, 0.717) is 11.3 Å². The Balaban J connectivity index is 1.46. The van der Waals surface area contributed by atoms with Crippen molar-refractivity contribution in [3.63, 3.8) is 0 Å². The summed E-state index contributed by atoms with van der Waals surface area (Å²) in [6, 6.07) is 12.1. The molecule has 2 aromatic carbocycles. The normalized spacial score (nSPS) is 15.0. The largest absolute Gasteiger partial charge is 0.417 e. The summed E-state index contributed by atoms with van der Waals surface area (Å²) in [5.41, 5.74) is 1.43. The number of aromatic nitrogens is 1. The van der Waals surface area contributed by atoms with Gasteiger partial charge >= 0.3 is 6.18 Å². The highest BCUT2D eigenvalue weighted by Crippen LogP contribution is 2.43. The van der Waals surface area contributed by atoms with Gasteiger partial charge in [0.15, 0.2) is 5.13 Å². The third-order valence-corrected chi connectivity index (χ3v) is 7.84. The van der Waals surface area contributed by atoms with Crippen molar-refractivity contribution in [2.24, 2.45) is 0 Å². The van der Waals surface area contributed by atoms with E-state index in [1.54, 1.807) is 17.5 Å². The van der Waals surface area contributed by atoms with Crippen LogP contribution in [0.3, 0.4) is 0 Å². The molecule has 188 valence electrons. The Morgan fingerprint density at radius 2 is 1.89 bits per heavy atom. The number of hydrogen-bond donors (Lipinski definition) is 1. The summed E-state index contributed by atoms with van der Waals surface area (Å²) in [6.45, 7) is 9.33. The number of alkyl halides is 3. The second-order valence-corrected chi connectivity index (χ2v) is 10.7. The Kier molecular flexibility index (Phi) is 8.75. The maximum Gasteiger partial charge on any atom is 0.417 e. The van der Waals surface area contributed by atoms with Gasteiger partial charge in [0.25, 0.3) is 0 Å².